The third-order valence-electron chi connectivity index (χ3n) is 6.67. The van der Waals surface area contributed by atoms with Crippen molar-refractivity contribution in [3.05, 3.63) is 71.0 Å². The Labute approximate surface area is 223 Å². The molecule has 0 spiro atoms. The lowest BCUT2D eigenvalue weighted by atomic mass is 10.1. The van der Waals surface area contributed by atoms with E-state index in [0.717, 1.165) is 53.2 Å². The quantitative estimate of drug-likeness (QED) is 0.456. The second-order valence-electron chi connectivity index (χ2n) is 9.35. The second kappa shape index (κ2) is 11.2. The van der Waals surface area contributed by atoms with Crippen molar-refractivity contribution < 1.29 is 23.6 Å². The third-order valence-corrected chi connectivity index (χ3v) is 7.58. The van der Waals surface area contributed by atoms with Gasteiger partial charge in [-0.15, -0.1) is 0 Å². The van der Waals surface area contributed by atoms with Crippen molar-refractivity contribution in [2.24, 2.45) is 0 Å². The zero-order valence-corrected chi connectivity index (χ0v) is 21.5. The number of halogens is 1. The van der Waals surface area contributed by atoms with Crippen LogP contribution in [0.4, 0.5) is 14.9 Å². The lowest BCUT2D eigenvalue weighted by molar-refractivity contribution is -0.135. The van der Waals surface area contributed by atoms with Crippen molar-refractivity contribution in [2.45, 2.75) is 32.2 Å². The summed E-state index contributed by atoms with van der Waals surface area (Å²) in [5.74, 6) is -1.38. The summed E-state index contributed by atoms with van der Waals surface area (Å²) in [6.45, 7) is 1.04. The molecule has 0 aliphatic carbocycles. The number of amides is 4. The van der Waals surface area contributed by atoms with Crippen molar-refractivity contribution in [2.75, 3.05) is 25.0 Å². The van der Waals surface area contributed by atoms with E-state index in [1.165, 1.54) is 24.3 Å². The monoisotopic (exact) mass is 534 g/mol. The minimum absolute atomic E-state index is 0.00244. The molecule has 0 saturated carbocycles. The molecule has 3 heterocycles. The van der Waals surface area contributed by atoms with Crippen LogP contribution in [0.1, 0.15) is 31.2 Å². The van der Waals surface area contributed by atoms with E-state index < -0.39 is 11.1 Å². The van der Waals surface area contributed by atoms with Crippen LogP contribution in [-0.4, -0.2) is 57.0 Å². The molecule has 196 valence electrons. The number of benzene rings is 2. The van der Waals surface area contributed by atoms with E-state index in [1.54, 1.807) is 21.7 Å². The van der Waals surface area contributed by atoms with Gasteiger partial charge in [0.15, 0.2) is 0 Å². The number of nitrogens with zero attached hydrogens (tertiary/aromatic N) is 3. The van der Waals surface area contributed by atoms with Crippen LogP contribution in [0.2, 0.25) is 0 Å². The molecule has 4 amide bonds. The van der Waals surface area contributed by atoms with E-state index >= 15 is 0 Å². The Morgan fingerprint density at radius 2 is 1.66 bits per heavy atom. The highest BCUT2D eigenvalue weighted by Gasteiger charge is 2.37. The normalized spacial score (nSPS) is 17.3. The molecule has 3 aromatic rings. The number of aromatic nitrogens is 1. The van der Waals surface area contributed by atoms with Crippen LogP contribution in [0, 0.1) is 5.82 Å². The maximum atomic E-state index is 13.2. The number of fused-ring (bicyclic) bond motifs is 1. The molecule has 2 fully saturated rings. The van der Waals surface area contributed by atoms with Gasteiger partial charge in [0.05, 0.1) is 4.91 Å². The molecule has 2 saturated heterocycles. The maximum Gasteiger partial charge on any atom is 0.294 e. The molecule has 0 bridgehead atoms. The van der Waals surface area contributed by atoms with Gasteiger partial charge in [-0.05, 0) is 61.0 Å². The number of para-hydroxylation sites is 1. The number of likely N-dealkylation sites (tertiary alicyclic amines) is 1. The van der Waals surface area contributed by atoms with Gasteiger partial charge >= 0.3 is 0 Å². The molecule has 2 aromatic carbocycles. The fourth-order valence-corrected chi connectivity index (χ4v) is 5.57. The first kappa shape index (κ1) is 25.7. The smallest absolute Gasteiger partial charge is 0.294 e. The van der Waals surface area contributed by atoms with E-state index in [4.69, 9.17) is 0 Å². The number of carbonyl (C=O) groups excluding carboxylic acids is 4. The Morgan fingerprint density at radius 1 is 0.947 bits per heavy atom. The zero-order chi connectivity index (χ0) is 26.6. The zero-order valence-electron chi connectivity index (χ0n) is 20.7. The van der Waals surface area contributed by atoms with Gasteiger partial charge in [0, 0.05) is 41.4 Å². The molecule has 5 rings (SSSR count). The predicted octanol–water partition coefficient (Wildman–Crippen LogP) is 4.86. The number of thioether (sulfide) groups is 1. The number of rotatable bonds is 6. The summed E-state index contributed by atoms with van der Waals surface area (Å²) >= 11 is 0.813. The second-order valence-corrected chi connectivity index (χ2v) is 10.3. The highest BCUT2D eigenvalue weighted by atomic mass is 32.2. The van der Waals surface area contributed by atoms with Gasteiger partial charge in [0.2, 0.25) is 11.8 Å². The fraction of sp³-hybridized carbons (Fsp3) is 0.286. The summed E-state index contributed by atoms with van der Waals surface area (Å²) in [5.41, 5.74) is 1.94. The van der Waals surface area contributed by atoms with E-state index in [2.05, 4.69) is 5.32 Å². The largest absolute Gasteiger partial charge is 0.341 e. The predicted molar refractivity (Wildman–Crippen MR) is 145 cm³/mol. The van der Waals surface area contributed by atoms with Gasteiger partial charge in [-0.1, -0.05) is 31.0 Å². The van der Waals surface area contributed by atoms with Gasteiger partial charge in [0.25, 0.3) is 11.1 Å². The number of hydrogen-bond donors (Lipinski definition) is 1. The lowest BCUT2D eigenvalue weighted by Crippen LogP contribution is -2.42. The molecule has 1 N–H and O–H groups in total. The van der Waals surface area contributed by atoms with Crippen molar-refractivity contribution in [1.29, 1.82) is 0 Å². The average Bonchev–Trinajstić information content (AvgIpc) is 3.21. The molecule has 10 heteroatoms. The summed E-state index contributed by atoms with van der Waals surface area (Å²) in [4.78, 5) is 54.2. The number of hydrogen-bond acceptors (Lipinski definition) is 5. The first-order valence-corrected chi connectivity index (χ1v) is 13.4. The van der Waals surface area contributed by atoms with Crippen LogP contribution in [-0.2, 0) is 20.9 Å². The summed E-state index contributed by atoms with van der Waals surface area (Å²) in [6, 6.07) is 13.0. The Balaban J connectivity index is 1.33. The van der Waals surface area contributed by atoms with Gasteiger partial charge in [-0.2, -0.15) is 0 Å². The molecule has 2 aliphatic heterocycles. The number of imide groups is 1. The minimum atomic E-state index is -0.492. The lowest BCUT2D eigenvalue weighted by Gasteiger charge is -2.22. The molecular formula is C28H27FN4O4S. The average molecular weight is 535 g/mol. The number of carbonyl (C=O) groups is 4. The van der Waals surface area contributed by atoms with Crippen molar-refractivity contribution in [3.63, 3.8) is 0 Å². The summed E-state index contributed by atoms with van der Waals surface area (Å²) in [5, 5.41) is 3.09. The van der Waals surface area contributed by atoms with Crippen LogP contribution in [0.5, 0.6) is 0 Å². The van der Waals surface area contributed by atoms with Crippen LogP contribution in [0.3, 0.4) is 0 Å². The SMILES string of the molecule is O=C(Cn1cc(C=C2SC(=O)N(CC(=O)N3CCCCCC3)C2=O)c2ccccc21)Nc1ccc(F)cc1. The van der Waals surface area contributed by atoms with E-state index in [0.29, 0.717) is 24.3 Å². The minimum Gasteiger partial charge on any atom is -0.341 e. The maximum absolute atomic E-state index is 13.2. The Kier molecular flexibility index (Phi) is 7.59. The molecule has 0 unspecified atom stereocenters. The number of anilines is 1. The van der Waals surface area contributed by atoms with Crippen molar-refractivity contribution >= 4 is 57.4 Å². The van der Waals surface area contributed by atoms with Crippen molar-refractivity contribution in [3.8, 4) is 0 Å². The molecule has 38 heavy (non-hydrogen) atoms. The van der Waals surface area contributed by atoms with Crippen molar-refractivity contribution in [1.82, 2.24) is 14.4 Å². The summed E-state index contributed by atoms with van der Waals surface area (Å²) in [7, 11) is 0. The van der Waals surface area contributed by atoms with Crippen LogP contribution in [0.25, 0.3) is 17.0 Å². The Hall–Kier alpha value is -3.92. The molecular weight excluding hydrogens is 507 g/mol. The van der Waals surface area contributed by atoms with Gasteiger partial charge in [0.1, 0.15) is 18.9 Å². The van der Waals surface area contributed by atoms with E-state index in [1.807, 2.05) is 24.3 Å². The van der Waals surface area contributed by atoms with Gasteiger partial charge in [-0.25, -0.2) is 4.39 Å². The van der Waals surface area contributed by atoms with Crippen LogP contribution < -0.4 is 5.32 Å². The molecule has 8 nitrogen and oxygen atoms in total. The summed E-state index contributed by atoms with van der Waals surface area (Å²) < 4.78 is 14.9. The molecule has 2 aliphatic rings. The van der Waals surface area contributed by atoms with Gasteiger partial charge in [-0.3, -0.25) is 24.1 Å². The first-order valence-electron chi connectivity index (χ1n) is 12.6. The van der Waals surface area contributed by atoms with Crippen LogP contribution in [0.15, 0.2) is 59.6 Å². The van der Waals surface area contributed by atoms with E-state index in [-0.39, 0.29) is 35.6 Å². The fourth-order valence-electron chi connectivity index (χ4n) is 4.74. The standard InChI is InChI=1S/C28H27FN4O4S/c29-20-9-11-21(12-10-20)30-25(34)17-32-16-19(22-7-3-4-8-23(22)32)15-24-27(36)33(28(37)38-24)18-26(35)31-13-5-1-2-6-14-31/h3-4,7-12,15-16H,1-2,5-6,13-14,17-18H2,(H,30,34). The Bertz CT molecular complexity index is 1420. The highest BCUT2D eigenvalue weighted by molar-refractivity contribution is 8.18. The molecule has 0 radical (unpaired) electrons. The van der Waals surface area contributed by atoms with Gasteiger partial charge < -0.3 is 14.8 Å². The van der Waals surface area contributed by atoms with Crippen LogP contribution >= 0.6 is 11.8 Å². The number of nitrogens with one attached hydrogen (secondary N) is 1. The third kappa shape index (κ3) is 5.65. The Morgan fingerprint density at radius 3 is 2.39 bits per heavy atom. The topological polar surface area (TPSA) is 91.7 Å². The summed E-state index contributed by atoms with van der Waals surface area (Å²) in [6.07, 6.45) is 7.41. The first-order chi connectivity index (χ1) is 18.4. The highest BCUT2D eigenvalue weighted by Crippen LogP contribution is 2.34. The van der Waals surface area contributed by atoms with E-state index in [9.17, 15) is 23.6 Å². The molecule has 0 atom stereocenters. The molecule has 1 aromatic heterocycles.